The van der Waals surface area contributed by atoms with Gasteiger partial charge in [-0.2, -0.15) is 13.2 Å². The first-order valence-corrected chi connectivity index (χ1v) is 6.37. The molecule has 0 radical (unpaired) electrons. The molecule has 0 aliphatic rings. The number of carboxylic acid groups (broad SMARTS) is 1. The van der Waals surface area contributed by atoms with E-state index in [-0.39, 0.29) is 5.69 Å². The van der Waals surface area contributed by atoms with Crippen LogP contribution in [0.3, 0.4) is 0 Å². The topological polar surface area (TPSA) is 58.0 Å². The van der Waals surface area contributed by atoms with E-state index in [1.54, 1.807) is 19.3 Å². The van der Waals surface area contributed by atoms with Crippen molar-refractivity contribution in [2.45, 2.75) is 6.18 Å². The van der Waals surface area contributed by atoms with Crippen molar-refractivity contribution < 1.29 is 23.1 Å². The van der Waals surface area contributed by atoms with E-state index in [2.05, 4.69) is 4.98 Å². The van der Waals surface area contributed by atoms with Crippen LogP contribution in [-0.4, -0.2) is 20.6 Å². The number of H-pyrrole nitrogens is 1. The minimum Gasteiger partial charge on any atom is -0.477 e. The van der Waals surface area contributed by atoms with Crippen LogP contribution in [0, 0.1) is 0 Å². The second-order valence-corrected chi connectivity index (χ2v) is 4.93. The highest BCUT2D eigenvalue weighted by atomic mass is 19.4. The Kier molecular flexibility index (Phi) is 3.01. The lowest BCUT2D eigenvalue weighted by atomic mass is 10.1. The molecule has 0 unspecified atom stereocenters. The van der Waals surface area contributed by atoms with Gasteiger partial charge in [-0.3, -0.25) is 0 Å². The van der Waals surface area contributed by atoms with Gasteiger partial charge in [-0.1, -0.05) is 6.07 Å². The molecule has 114 valence electrons. The number of carbonyl (C=O) groups is 1. The summed E-state index contributed by atoms with van der Waals surface area (Å²) in [5, 5.41) is 9.66. The number of nitrogens with zero attached hydrogens (tertiary/aromatic N) is 1. The molecule has 0 bridgehead atoms. The Labute approximate surface area is 122 Å². The number of aromatic carboxylic acids is 1. The summed E-state index contributed by atoms with van der Waals surface area (Å²) in [5.74, 6) is -1.06. The average Bonchev–Trinajstić information content (AvgIpc) is 3.00. The molecule has 4 nitrogen and oxygen atoms in total. The van der Waals surface area contributed by atoms with Crippen LogP contribution in [0.25, 0.3) is 22.2 Å². The standard InChI is InChI=1S/C15H11F3N2O2/c1-20-12(4-5-13(20)14(21)22)10-7-19-11-6-8(15(16,17)18)2-3-9(10)11/h2-7,19H,1H3,(H,21,22). The summed E-state index contributed by atoms with van der Waals surface area (Å²) >= 11 is 0. The molecule has 2 N–H and O–H groups in total. The number of benzene rings is 1. The molecule has 3 rings (SSSR count). The summed E-state index contributed by atoms with van der Waals surface area (Å²) in [4.78, 5) is 13.9. The molecule has 0 saturated carbocycles. The van der Waals surface area contributed by atoms with Crippen molar-refractivity contribution in [3.8, 4) is 11.3 Å². The third-order valence-corrected chi connectivity index (χ3v) is 3.63. The van der Waals surface area contributed by atoms with Crippen LogP contribution >= 0.6 is 0 Å². The molecule has 0 atom stereocenters. The van der Waals surface area contributed by atoms with Crippen molar-refractivity contribution in [2.24, 2.45) is 7.05 Å². The van der Waals surface area contributed by atoms with Gasteiger partial charge in [0.15, 0.2) is 0 Å². The molecule has 2 aromatic heterocycles. The first kappa shape index (κ1) is 14.2. The third kappa shape index (κ3) is 2.14. The van der Waals surface area contributed by atoms with Gasteiger partial charge >= 0.3 is 12.1 Å². The minimum absolute atomic E-state index is 0.108. The van der Waals surface area contributed by atoms with Crippen LogP contribution in [0.15, 0.2) is 36.5 Å². The summed E-state index contributed by atoms with van der Waals surface area (Å²) in [6, 6.07) is 6.53. The molecular weight excluding hydrogens is 297 g/mol. The number of hydrogen-bond donors (Lipinski definition) is 2. The SMILES string of the molecule is Cn1c(C(=O)O)ccc1-c1c[nH]c2cc(C(F)(F)F)ccc12. The van der Waals surface area contributed by atoms with Crippen molar-refractivity contribution in [1.29, 1.82) is 0 Å². The molecule has 3 aromatic rings. The lowest BCUT2D eigenvalue weighted by Gasteiger charge is -2.07. The maximum absolute atomic E-state index is 12.7. The van der Waals surface area contributed by atoms with Crippen molar-refractivity contribution in [3.05, 3.63) is 47.8 Å². The Morgan fingerprint density at radius 2 is 1.95 bits per heavy atom. The van der Waals surface area contributed by atoms with Gasteiger partial charge in [-0.25, -0.2) is 4.79 Å². The summed E-state index contributed by atoms with van der Waals surface area (Å²) in [6.45, 7) is 0. The van der Waals surface area contributed by atoms with Crippen LogP contribution in [0.4, 0.5) is 13.2 Å². The largest absolute Gasteiger partial charge is 0.477 e. The highest BCUT2D eigenvalue weighted by Crippen LogP contribution is 2.35. The Bertz CT molecular complexity index is 875. The van der Waals surface area contributed by atoms with Crippen molar-refractivity contribution in [1.82, 2.24) is 9.55 Å². The maximum atomic E-state index is 12.7. The van der Waals surface area contributed by atoms with E-state index in [1.807, 2.05) is 0 Å². The number of rotatable bonds is 2. The first-order chi connectivity index (χ1) is 10.3. The molecule has 0 amide bonds. The molecule has 2 heterocycles. The number of aromatic nitrogens is 2. The number of fused-ring (bicyclic) bond motifs is 1. The molecule has 22 heavy (non-hydrogen) atoms. The van der Waals surface area contributed by atoms with Crippen molar-refractivity contribution in [3.63, 3.8) is 0 Å². The fourth-order valence-corrected chi connectivity index (χ4v) is 2.51. The number of hydrogen-bond acceptors (Lipinski definition) is 1. The van der Waals surface area contributed by atoms with E-state index < -0.39 is 17.7 Å². The number of alkyl halides is 3. The summed E-state index contributed by atoms with van der Waals surface area (Å²) in [7, 11) is 1.60. The normalized spacial score (nSPS) is 12.0. The van der Waals surface area contributed by atoms with Crippen LogP contribution < -0.4 is 0 Å². The maximum Gasteiger partial charge on any atom is 0.416 e. The molecule has 0 saturated heterocycles. The van der Waals surface area contributed by atoms with E-state index in [9.17, 15) is 18.0 Å². The molecule has 0 spiro atoms. The van der Waals surface area contributed by atoms with Gasteiger partial charge in [0.1, 0.15) is 5.69 Å². The van der Waals surface area contributed by atoms with Crippen LogP contribution in [0.5, 0.6) is 0 Å². The Morgan fingerprint density at radius 3 is 2.55 bits per heavy atom. The second kappa shape index (κ2) is 4.66. The minimum atomic E-state index is -4.40. The monoisotopic (exact) mass is 308 g/mol. The number of carboxylic acids is 1. The lowest BCUT2D eigenvalue weighted by Crippen LogP contribution is -2.05. The zero-order valence-corrected chi connectivity index (χ0v) is 11.4. The number of aromatic amines is 1. The number of halogens is 3. The summed E-state index contributed by atoms with van der Waals surface area (Å²) < 4.78 is 39.6. The van der Waals surface area contributed by atoms with E-state index in [4.69, 9.17) is 5.11 Å². The highest BCUT2D eigenvalue weighted by molar-refractivity contribution is 5.96. The predicted octanol–water partition coefficient (Wildman–Crippen LogP) is 3.89. The van der Waals surface area contributed by atoms with E-state index >= 15 is 0 Å². The van der Waals surface area contributed by atoms with Gasteiger partial charge in [0.25, 0.3) is 0 Å². The van der Waals surface area contributed by atoms with Crippen molar-refractivity contribution >= 4 is 16.9 Å². The Morgan fingerprint density at radius 1 is 1.23 bits per heavy atom. The van der Waals surface area contributed by atoms with E-state index in [0.29, 0.717) is 22.2 Å². The van der Waals surface area contributed by atoms with E-state index in [0.717, 1.165) is 12.1 Å². The van der Waals surface area contributed by atoms with Gasteiger partial charge in [0, 0.05) is 29.7 Å². The Balaban J connectivity index is 2.15. The molecule has 1 aromatic carbocycles. The average molecular weight is 308 g/mol. The third-order valence-electron chi connectivity index (χ3n) is 3.63. The highest BCUT2D eigenvalue weighted by Gasteiger charge is 2.30. The van der Waals surface area contributed by atoms with Gasteiger partial charge in [0.2, 0.25) is 0 Å². The Hall–Kier alpha value is -2.70. The van der Waals surface area contributed by atoms with E-state index in [1.165, 1.54) is 16.7 Å². The van der Waals surface area contributed by atoms with Crippen LogP contribution in [0.2, 0.25) is 0 Å². The molecule has 0 aliphatic carbocycles. The first-order valence-electron chi connectivity index (χ1n) is 6.37. The quantitative estimate of drug-likeness (QED) is 0.754. The second-order valence-electron chi connectivity index (χ2n) is 4.93. The van der Waals surface area contributed by atoms with Gasteiger partial charge < -0.3 is 14.7 Å². The van der Waals surface area contributed by atoms with Gasteiger partial charge in [0.05, 0.1) is 11.3 Å². The van der Waals surface area contributed by atoms with Gasteiger partial charge in [-0.05, 0) is 24.3 Å². The fraction of sp³-hybridized carbons (Fsp3) is 0.133. The van der Waals surface area contributed by atoms with Crippen LogP contribution in [0.1, 0.15) is 16.1 Å². The van der Waals surface area contributed by atoms with Crippen molar-refractivity contribution in [2.75, 3.05) is 0 Å². The predicted molar refractivity (Wildman–Crippen MR) is 74.7 cm³/mol. The zero-order chi connectivity index (χ0) is 16.1. The summed E-state index contributed by atoms with van der Waals surface area (Å²) in [6.07, 6.45) is -2.83. The van der Waals surface area contributed by atoms with Crippen LogP contribution in [-0.2, 0) is 13.2 Å². The molecule has 0 aliphatic heterocycles. The molecular formula is C15H11F3N2O2. The smallest absolute Gasteiger partial charge is 0.416 e. The summed E-state index contributed by atoms with van der Waals surface area (Å²) in [5.41, 5.74) is 0.993. The number of nitrogens with one attached hydrogen (secondary N) is 1. The molecule has 0 fully saturated rings. The lowest BCUT2D eigenvalue weighted by molar-refractivity contribution is -0.137. The molecule has 7 heteroatoms. The fourth-order valence-electron chi connectivity index (χ4n) is 2.51. The zero-order valence-electron chi connectivity index (χ0n) is 11.4. The van der Waals surface area contributed by atoms with Gasteiger partial charge in [-0.15, -0.1) is 0 Å².